The highest BCUT2D eigenvalue weighted by atomic mass is 16.5. The molecule has 0 amide bonds. The maximum atomic E-state index is 12.5. The number of nitrogens with one attached hydrogen (secondary N) is 1. The quantitative estimate of drug-likeness (QED) is 0.931. The molecule has 0 saturated heterocycles. The number of anilines is 1. The number of carbonyl (C=O) groups excluding carboxylic acids is 1. The second kappa shape index (κ2) is 6.00. The number of Topliss-reactive ketones (excluding diaryl/α,β-unsaturated/α-hetero) is 1. The molecule has 0 aromatic heterocycles. The maximum Gasteiger partial charge on any atom is 0.167 e. The van der Waals surface area contributed by atoms with Crippen LogP contribution in [0, 0.1) is 5.92 Å². The number of benzene rings is 2. The molecule has 3 heteroatoms. The smallest absolute Gasteiger partial charge is 0.167 e. The van der Waals surface area contributed by atoms with Gasteiger partial charge in [0.1, 0.15) is 5.75 Å². The zero-order valence-corrected chi connectivity index (χ0v) is 12.1. The van der Waals surface area contributed by atoms with Gasteiger partial charge in [0.2, 0.25) is 0 Å². The SMILES string of the molecule is COc1ccc(NC[C@@H]2CCc3ccccc3C2=O)cc1. The average Bonchev–Trinajstić information content (AvgIpc) is 2.55. The largest absolute Gasteiger partial charge is 0.497 e. The van der Waals surface area contributed by atoms with E-state index < -0.39 is 0 Å². The number of hydrogen-bond acceptors (Lipinski definition) is 3. The Hall–Kier alpha value is -2.29. The lowest BCUT2D eigenvalue weighted by molar-refractivity contribution is 0.0910. The molecule has 0 fully saturated rings. The number of fused-ring (bicyclic) bond motifs is 1. The van der Waals surface area contributed by atoms with Crippen LogP contribution in [-0.4, -0.2) is 19.4 Å². The number of carbonyl (C=O) groups is 1. The van der Waals surface area contributed by atoms with Crippen LogP contribution in [0.2, 0.25) is 0 Å². The van der Waals surface area contributed by atoms with Gasteiger partial charge in [0, 0.05) is 23.7 Å². The van der Waals surface area contributed by atoms with Gasteiger partial charge in [0.05, 0.1) is 7.11 Å². The summed E-state index contributed by atoms with van der Waals surface area (Å²) in [5.41, 5.74) is 3.09. The summed E-state index contributed by atoms with van der Waals surface area (Å²) in [7, 11) is 1.65. The Bertz CT molecular complexity index is 634. The van der Waals surface area contributed by atoms with E-state index in [4.69, 9.17) is 4.74 Å². The van der Waals surface area contributed by atoms with Gasteiger partial charge < -0.3 is 10.1 Å². The minimum absolute atomic E-state index is 0.0574. The van der Waals surface area contributed by atoms with E-state index in [1.54, 1.807) is 7.11 Å². The number of aryl methyl sites for hydroxylation is 1. The van der Waals surface area contributed by atoms with Crippen LogP contribution in [-0.2, 0) is 6.42 Å². The van der Waals surface area contributed by atoms with E-state index in [1.807, 2.05) is 42.5 Å². The van der Waals surface area contributed by atoms with E-state index >= 15 is 0 Å². The molecular weight excluding hydrogens is 262 g/mol. The average molecular weight is 281 g/mol. The van der Waals surface area contributed by atoms with Crippen molar-refractivity contribution in [3.8, 4) is 5.75 Å². The van der Waals surface area contributed by atoms with Crippen LogP contribution in [0.25, 0.3) is 0 Å². The molecule has 1 aliphatic rings. The van der Waals surface area contributed by atoms with Crippen LogP contribution >= 0.6 is 0 Å². The van der Waals surface area contributed by atoms with E-state index in [0.717, 1.165) is 29.8 Å². The lowest BCUT2D eigenvalue weighted by Gasteiger charge is -2.23. The van der Waals surface area contributed by atoms with E-state index in [1.165, 1.54) is 5.56 Å². The lowest BCUT2D eigenvalue weighted by Crippen LogP contribution is -2.28. The van der Waals surface area contributed by atoms with Crippen molar-refractivity contribution in [2.24, 2.45) is 5.92 Å². The first kappa shape index (κ1) is 13.7. The molecule has 108 valence electrons. The number of hydrogen-bond donors (Lipinski definition) is 1. The summed E-state index contributed by atoms with van der Waals surface area (Å²) in [4.78, 5) is 12.5. The van der Waals surface area contributed by atoms with Crippen molar-refractivity contribution in [1.82, 2.24) is 0 Å². The minimum atomic E-state index is 0.0574. The van der Waals surface area contributed by atoms with E-state index in [2.05, 4.69) is 11.4 Å². The maximum absolute atomic E-state index is 12.5. The molecule has 3 nitrogen and oxygen atoms in total. The molecule has 0 spiro atoms. The molecule has 0 unspecified atom stereocenters. The van der Waals surface area contributed by atoms with Crippen molar-refractivity contribution in [3.63, 3.8) is 0 Å². The predicted octanol–water partition coefficient (Wildman–Crippen LogP) is 3.55. The molecule has 0 aliphatic heterocycles. The van der Waals surface area contributed by atoms with Crippen molar-refractivity contribution in [2.75, 3.05) is 19.0 Å². The van der Waals surface area contributed by atoms with Gasteiger partial charge in [0.15, 0.2) is 5.78 Å². The summed E-state index contributed by atoms with van der Waals surface area (Å²) in [6.07, 6.45) is 1.90. The molecule has 0 saturated carbocycles. The Morgan fingerprint density at radius 2 is 1.90 bits per heavy atom. The Morgan fingerprint density at radius 3 is 2.67 bits per heavy atom. The fraction of sp³-hybridized carbons (Fsp3) is 0.278. The van der Waals surface area contributed by atoms with Gasteiger partial charge in [-0.15, -0.1) is 0 Å². The van der Waals surface area contributed by atoms with Gasteiger partial charge in [-0.3, -0.25) is 4.79 Å². The first-order chi connectivity index (χ1) is 10.3. The zero-order chi connectivity index (χ0) is 14.7. The Kier molecular flexibility index (Phi) is 3.91. The van der Waals surface area contributed by atoms with Crippen molar-refractivity contribution >= 4 is 11.5 Å². The standard InChI is InChI=1S/C18H19NO2/c1-21-16-10-8-15(9-11-16)19-12-14-7-6-13-4-2-3-5-17(13)18(14)20/h2-5,8-11,14,19H,6-7,12H2,1H3/t14-/m0/s1. The second-order valence-electron chi connectivity index (χ2n) is 5.37. The lowest BCUT2D eigenvalue weighted by atomic mass is 9.83. The minimum Gasteiger partial charge on any atom is -0.497 e. The van der Waals surface area contributed by atoms with Gasteiger partial charge in [-0.05, 0) is 42.7 Å². The monoisotopic (exact) mass is 281 g/mol. The third kappa shape index (κ3) is 2.92. The van der Waals surface area contributed by atoms with Crippen molar-refractivity contribution in [1.29, 1.82) is 0 Å². The van der Waals surface area contributed by atoms with Gasteiger partial charge in [-0.1, -0.05) is 24.3 Å². The van der Waals surface area contributed by atoms with Crippen LogP contribution in [0.3, 0.4) is 0 Å². The highest BCUT2D eigenvalue weighted by Crippen LogP contribution is 2.26. The Labute approximate surface area is 124 Å². The summed E-state index contributed by atoms with van der Waals surface area (Å²) in [6.45, 7) is 0.680. The number of ether oxygens (including phenoxy) is 1. The van der Waals surface area contributed by atoms with Gasteiger partial charge in [-0.25, -0.2) is 0 Å². The van der Waals surface area contributed by atoms with E-state index in [-0.39, 0.29) is 11.7 Å². The highest BCUT2D eigenvalue weighted by molar-refractivity contribution is 6.00. The Balaban J connectivity index is 1.65. The predicted molar refractivity (Wildman–Crippen MR) is 84.1 cm³/mol. The number of ketones is 1. The Morgan fingerprint density at radius 1 is 1.14 bits per heavy atom. The fourth-order valence-corrected chi connectivity index (χ4v) is 2.80. The normalized spacial score (nSPS) is 17.2. The molecule has 2 aromatic rings. The van der Waals surface area contributed by atoms with E-state index in [9.17, 15) is 4.79 Å². The summed E-state index contributed by atoms with van der Waals surface area (Å²) in [6, 6.07) is 15.7. The molecule has 0 radical (unpaired) electrons. The van der Waals surface area contributed by atoms with Crippen molar-refractivity contribution in [2.45, 2.75) is 12.8 Å². The van der Waals surface area contributed by atoms with Gasteiger partial charge >= 0.3 is 0 Å². The zero-order valence-electron chi connectivity index (χ0n) is 12.1. The molecule has 21 heavy (non-hydrogen) atoms. The third-order valence-electron chi connectivity index (χ3n) is 4.06. The van der Waals surface area contributed by atoms with E-state index in [0.29, 0.717) is 6.54 Å². The summed E-state index contributed by atoms with van der Waals surface area (Å²) < 4.78 is 5.14. The van der Waals surface area contributed by atoms with Crippen LogP contribution < -0.4 is 10.1 Å². The van der Waals surface area contributed by atoms with Crippen molar-refractivity contribution in [3.05, 3.63) is 59.7 Å². The molecule has 1 atom stereocenters. The topological polar surface area (TPSA) is 38.3 Å². The molecule has 1 aliphatic carbocycles. The molecule has 0 heterocycles. The van der Waals surface area contributed by atoms with Crippen LogP contribution in [0.5, 0.6) is 5.75 Å². The van der Waals surface area contributed by atoms with Crippen molar-refractivity contribution < 1.29 is 9.53 Å². The fourth-order valence-electron chi connectivity index (χ4n) is 2.80. The summed E-state index contributed by atoms with van der Waals surface area (Å²) in [5, 5.41) is 3.35. The molecule has 0 bridgehead atoms. The first-order valence-corrected chi connectivity index (χ1v) is 7.28. The molecule has 3 rings (SSSR count). The van der Waals surface area contributed by atoms with Gasteiger partial charge in [0.25, 0.3) is 0 Å². The molecule has 1 N–H and O–H groups in total. The first-order valence-electron chi connectivity index (χ1n) is 7.28. The van der Waals surface area contributed by atoms with Crippen LogP contribution in [0.1, 0.15) is 22.3 Å². The molecular formula is C18H19NO2. The number of methoxy groups -OCH3 is 1. The van der Waals surface area contributed by atoms with Gasteiger partial charge in [-0.2, -0.15) is 0 Å². The van der Waals surface area contributed by atoms with Crippen LogP contribution in [0.15, 0.2) is 48.5 Å². The number of rotatable bonds is 4. The third-order valence-corrected chi connectivity index (χ3v) is 4.06. The summed E-state index contributed by atoms with van der Waals surface area (Å²) in [5.74, 6) is 1.16. The summed E-state index contributed by atoms with van der Waals surface area (Å²) >= 11 is 0. The van der Waals surface area contributed by atoms with Crippen LogP contribution in [0.4, 0.5) is 5.69 Å². The second-order valence-corrected chi connectivity index (χ2v) is 5.37. The molecule has 2 aromatic carbocycles. The highest BCUT2D eigenvalue weighted by Gasteiger charge is 2.26.